The van der Waals surface area contributed by atoms with Gasteiger partial charge < -0.3 is 9.47 Å². The monoisotopic (exact) mass is 338 g/mol. The fraction of sp³-hybridized carbons (Fsp3) is 0.158. The van der Waals surface area contributed by atoms with E-state index in [9.17, 15) is 0 Å². The molecule has 0 aliphatic carbocycles. The Hall–Kier alpha value is -2.95. The molecule has 0 saturated carbocycles. The number of hydrogen-bond donors (Lipinski definition) is 0. The van der Waals surface area contributed by atoms with Gasteiger partial charge >= 0.3 is 0 Å². The zero-order chi connectivity index (χ0) is 17.4. The molecule has 0 spiro atoms. The third kappa shape index (κ3) is 4.78. The zero-order valence-electron chi connectivity index (χ0n) is 13.1. The first kappa shape index (κ1) is 17.4. The molecule has 2 rings (SSSR count). The number of nitriles is 2. The normalized spacial score (nSPS) is 9.50. The molecule has 0 aliphatic rings. The van der Waals surface area contributed by atoms with E-state index in [1.54, 1.807) is 18.2 Å². The summed E-state index contributed by atoms with van der Waals surface area (Å²) in [5, 5.41) is 18.4. The maximum absolute atomic E-state index is 8.84. The average Bonchev–Trinajstić information content (AvgIpc) is 2.60. The topological polar surface area (TPSA) is 66.0 Å². The molecule has 0 amide bonds. The Morgan fingerprint density at radius 1 is 1.04 bits per heavy atom. The second kappa shape index (κ2) is 8.62. The predicted octanol–water partition coefficient (Wildman–Crippen LogP) is 4.75. The van der Waals surface area contributed by atoms with Gasteiger partial charge in [-0.15, -0.1) is 0 Å². The summed E-state index contributed by atoms with van der Waals surface area (Å²) in [5.41, 5.74) is 1.73. The number of nitrogens with zero attached hydrogens (tertiary/aromatic N) is 2. The molecular formula is C19H15ClN2O2. The van der Waals surface area contributed by atoms with Gasteiger partial charge in [-0.05, 0) is 48.4 Å². The van der Waals surface area contributed by atoms with Gasteiger partial charge in [-0.25, -0.2) is 0 Å². The summed E-state index contributed by atoms with van der Waals surface area (Å²) < 4.78 is 11.4. The van der Waals surface area contributed by atoms with E-state index in [4.69, 9.17) is 31.6 Å². The Labute approximate surface area is 146 Å². The molecule has 4 nitrogen and oxygen atoms in total. The fourth-order valence-electron chi connectivity index (χ4n) is 2.00. The highest BCUT2D eigenvalue weighted by molar-refractivity contribution is 6.30. The molecule has 0 aliphatic heterocycles. The summed E-state index contributed by atoms with van der Waals surface area (Å²) >= 11 is 5.87. The van der Waals surface area contributed by atoms with Crippen LogP contribution >= 0.6 is 11.6 Å². The van der Waals surface area contributed by atoms with Crippen molar-refractivity contribution in [3.05, 3.63) is 64.2 Å². The lowest BCUT2D eigenvalue weighted by molar-refractivity contribution is 0.269. The highest BCUT2D eigenvalue weighted by atomic mass is 35.5. The Bertz CT molecular complexity index is 799. The van der Waals surface area contributed by atoms with Gasteiger partial charge in [-0.1, -0.05) is 29.8 Å². The summed E-state index contributed by atoms with van der Waals surface area (Å²) in [5.74, 6) is 1.16. The zero-order valence-corrected chi connectivity index (χ0v) is 13.9. The van der Waals surface area contributed by atoms with E-state index in [2.05, 4.69) is 0 Å². The number of ether oxygens (including phenoxy) is 2. The van der Waals surface area contributed by atoms with Crippen molar-refractivity contribution in [2.24, 2.45) is 0 Å². The first-order valence-electron chi connectivity index (χ1n) is 7.32. The largest absolute Gasteiger partial charge is 0.490 e. The van der Waals surface area contributed by atoms with Crippen LogP contribution in [0.5, 0.6) is 11.5 Å². The molecule has 0 aromatic heterocycles. The maximum atomic E-state index is 8.84. The van der Waals surface area contributed by atoms with Crippen molar-refractivity contribution in [3.63, 3.8) is 0 Å². The van der Waals surface area contributed by atoms with Gasteiger partial charge in [-0.2, -0.15) is 10.5 Å². The molecule has 120 valence electrons. The molecule has 0 heterocycles. The third-order valence-electron chi connectivity index (χ3n) is 3.13. The molecule has 0 fully saturated rings. The van der Waals surface area contributed by atoms with Crippen LogP contribution in [-0.4, -0.2) is 6.61 Å². The molecule has 0 saturated heterocycles. The lowest BCUT2D eigenvalue weighted by Crippen LogP contribution is -2.00. The van der Waals surface area contributed by atoms with Gasteiger partial charge in [0.15, 0.2) is 11.5 Å². The highest BCUT2D eigenvalue weighted by Crippen LogP contribution is 2.30. The Morgan fingerprint density at radius 2 is 1.75 bits per heavy atom. The number of hydrogen-bond acceptors (Lipinski definition) is 4. The Balaban J connectivity index is 2.20. The second-order valence-electron chi connectivity index (χ2n) is 4.84. The van der Waals surface area contributed by atoms with Crippen LogP contribution in [-0.2, 0) is 6.61 Å². The van der Waals surface area contributed by atoms with Crippen LogP contribution in [0.4, 0.5) is 0 Å². The van der Waals surface area contributed by atoms with Crippen molar-refractivity contribution < 1.29 is 9.47 Å². The number of rotatable bonds is 6. The van der Waals surface area contributed by atoms with Crippen molar-refractivity contribution in [3.8, 4) is 23.6 Å². The Morgan fingerprint density at radius 3 is 2.38 bits per heavy atom. The van der Waals surface area contributed by atoms with E-state index in [1.807, 2.05) is 43.3 Å². The smallest absolute Gasteiger partial charge is 0.161 e. The van der Waals surface area contributed by atoms with Crippen LogP contribution in [0.3, 0.4) is 0 Å². The molecular weight excluding hydrogens is 324 g/mol. The number of halogens is 1. The molecule has 0 atom stereocenters. The molecule has 0 bridgehead atoms. The summed E-state index contributed by atoms with van der Waals surface area (Å²) in [6, 6.07) is 16.4. The summed E-state index contributed by atoms with van der Waals surface area (Å²) in [6.07, 6.45) is 1.51. The van der Waals surface area contributed by atoms with Crippen LogP contribution in [0.1, 0.15) is 18.1 Å². The van der Waals surface area contributed by atoms with Crippen LogP contribution < -0.4 is 9.47 Å². The van der Waals surface area contributed by atoms with Crippen LogP contribution in [0, 0.1) is 22.7 Å². The van der Waals surface area contributed by atoms with E-state index in [0.717, 1.165) is 5.56 Å². The molecule has 2 aromatic rings. The van der Waals surface area contributed by atoms with Gasteiger partial charge in [0.2, 0.25) is 0 Å². The first-order valence-corrected chi connectivity index (χ1v) is 7.70. The van der Waals surface area contributed by atoms with Gasteiger partial charge in [0.1, 0.15) is 24.3 Å². The van der Waals surface area contributed by atoms with Crippen molar-refractivity contribution in [2.75, 3.05) is 6.61 Å². The average molecular weight is 339 g/mol. The minimum atomic E-state index is 0.0345. The van der Waals surface area contributed by atoms with Crippen LogP contribution in [0.2, 0.25) is 5.02 Å². The fourth-order valence-corrected chi connectivity index (χ4v) is 2.13. The number of benzene rings is 2. The summed E-state index contributed by atoms with van der Waals surface area (Å²) in [7, 11) is 0. The van der Waals surface area contributed by atoms with E-state index >= 15 is 0 Å². The van der Waals surface area contributed by atoms with Gasteiger partial charge in [0.05, 0.1) is 6.61 Å². The quantitative estimate of drug-likeness (QED) is 0.713. The van der Waals surface area contributed by atoms with Crippen molar-refractivity contribution in [2.45, 2.75) is 13.5 Å². The summed E-state index contributed by atoms with van der Waals surface area (Å²) in [6.45, 7) is 2.74. The van der Waals surface area contributed by atoms with Crippen molar-refractivity contribution in [1.82, 2.24) is 0 Å². The van der Waals surface area contributed by atoms with Crippen LogP contribution in [0.15, 0.2) is 48.0 Å². The second-order valence-corrected chi connectivity index (χ2v) is 5.27. The molecule has 0 radical (unpaired) electrons. The molecule has 0 unspecified atom stereocenters. The lowest BCUT2D eigenvalue weighted by Gasteiger charge is -2.13. The molecule has 24 heavy (non-hydrogen) atoms. The van der Waals surface area contributed by atoms with Gasteiger partial charge in [-0.3, -0.25) is 0 Å². The molecule has 2 aromatic carbocycles. The summed E-state index contributed by atoms with van der Waals surface area (Å²) in [4.78, 5) is 0. The molecule has 5 heteroatoms. The minimum absolute atomic E-state index is 0.0345. The number of allylic oxidation sites excluding steroid dienone is 1. The van der Waals surface area contributed by atoms with E-state index in [1.165, 1.54) is 6.08 Å². The van der Waals surface area contributed by atoms with Crippen LogP contribution in [0.25, 0.3) is 6.08 Å². The SMILES string of the molecule is CCOc1cc(C=C(C#N)C#N)ccc1OCc1ccc(Cl)cc1. The van der Waals surface area contributed by atoms with E-state index in [0.29, 0.717) is 35.3 Å². The highest BCUT2D eigenvalue weighted by Gasteiger charge is 2.07. The Kier molecular flexibility index (Phi) is 6.25. The predicted molar refractivity (Wildman–Crippen MR) is 92.6 cm³/mol. The van der Waals surface area contributed by atoms with E-state index in [-0.39, 0.29) is 5.57 Å². The lowest BCUT2D eigenvalue weighted by atomic mass is 10.1. The minimum Gasteiger partial charge on any atom is -0.490 e. The van der Waals surface area contributed by atoms with E-state index < -0.39 is 0 Å². The maximum Gasteiger partial charge on any atom is 0.161 e. The van der Waals surface area contributed by atoms with Crippen molar-refractivity contribution >= 4 is 17.7 Å². The van der Waals surface area contributed by atoms with Gasteiger partial charge in [0, 0.05) is 5.02 Å². The third-order valence-corrected chi connectivity index (χ3v) is 3.38. The van der Waals surface area contributed by atoms with Gasteiger partial charge in [0.25, 0.3) is 0 Å². The molecule has 0 N–H and O–H groups in total. The van der Waals surface area contributed by atoms with Crippen molar-refractivity contribution in [1.29, 1.82) is 10.5 Å². The standard InChI is InChI=1S/C19H15ClN2O2/c1-2-23-19-10-15(9-16(11-21)12-22)5-8-18(19)24-13-14-3-6-17(20)7-4-14/h3-10H,2,13H2,1H3. The first-order chi connectivity index (χ1) is 11.7.